The van der Waals surface area contributed by atoms with Crippen LogP contribution in [0.5, 0.6) is 0 Å². The van der Waals surface area contributed by atoms with Crippen molar-refractivity contribution in [1.29, 1.82) is 0 Å². The lowest BCUT2D eigenvalue weighted by Gasteiger charge is -2.35. The molecule has 1 fully saturated rings. The number of rotatable bonds is 2. The first-order valence-corrected chi connectivity index (χ1v) is 5.33. The molecule has 2 rings (SSSR count). The van der Waals surface area contributed by atoms with Crippen LogP contribution >= 0.6 is 0 Å². The Morgan fingerprint density at radius 3 is 2.69 bits per heavy atom. The number of aryl methyl sites for hydroxylation is 2. The Hall–Kier alpha value is -1.56. The number of amides is 1. The molecule has 1 amide bonds. The zero-order valence-corrected chi connectivity index (χ0v) is 9.47. The number of β-amino-alcohol motifs (C(OH)–C–C–N with tert-alkyl or cyclic N) is 1. The SMILES string of the molecule is CCc1nn(C)c(C(=O)N2CC(O)C2)c1N. The summed E-state index contributed by atoms with van der Waals surface area (Å²) in [6, 6.07) is 0. The Morgan fingerprint density at radius 1 is 1.62 bits per heavy atom. The highest BCUT2D eigenvalue weighted by atomic mass is 16.3. The van der Waals surface area contributed by atoms with E-state index in [4.69, 9.17) is 10.8 Å². The van der Waals surface area contributed by atoms with Crippen LogP contribution in [0.25, 0.3) is 0 Å². The van der Waals surface area contributed by atoms with Gasteiger partial charge in [0.2, 0.25) is 0 Å². The highest BCUT2D eigenvalue weighted by molar-refractivity contribution is 5.98. The summed E-state index contributed by atoms with van der Waals surface area (Å²) in [6.07, 6.45) is 0.305. The lowest BCUT2D eigenvalue weighted by molar-refractivity contribution is 0.00524. The summed E-state index contributed by atoms with van der Waals surface area (Å²) in [7, 11) is 1.71. The number of likely N-dealkylation sites (tertiary alicyclic amines) is 1. The average Bonchev–Trinajstić information content (AvgIpc) is 2.48. The van der Waals surface area contributed by atoms with Gasteiger partial charge in [-0.2, -0.15) is 5.10 Å². The minimum Gasteiger partial charge on any atom is -0.395 e. The molecular formula is C10H16N4O2. The van der Waals surface area contributed by atoms with Crippen LogP contribution in [0, 0.1) is 0 Å². The van der Waals surface area contributed by atoms with Crippen molar-refractivity contribution in [2.45, 2.75) is 19.4 Å². The third-order valence-electron chi connectivity index (χ3n) is 2.85. The second kappa shape index (κ2) is 3.79. The summed E-state index contributed by atoms with van der Waals surface area (Å²) < 4.78 is 1.52. The number of nitrogens with zero attached hydrogens (tertiary/aromatic N) is 3. The predicted octanol–water partition coefficient (Wildman–Crippen LogP) is -0.619. The van der Waals surface area contributed by atoms with Gasteiger partial charge in [-0.25, -0.2) is 0 Å². The minimum atomic E-state index is -0.399. The van der Waals surface area contributed by atoms with Gasteiger partial charge in [0.25, 0.3) is 5.91 Å². The molecule has 0 spiro atoms. The van der Waals surface area contributed by atoms with E-state index in [0.29, 0.717) is 30.9 Å². The molecule has 0 atom stereocenters. The van der Waals surface area contributed by atoms with Gasteiger partial charge >= 0.3 is 0 Å². The number of nitrogen functional groups attached to an aromatic ring is 1. The molecule has 88 valence electrons. The van der Waals surface area contributed by atoms with Gasteiger partial charge in [0.15, 0.2) is 0 Å². The molecule has 6 nitrogen and oxygen atoms in total. The van der Waals surface area contributed by atoms with Gasteiger partial charge in [-0.1, -0.05) is 6.92 Å². The van der Waals surface area contributed by atoms with Crippen molar-refractivity contribution in [3.8, 4) is 0 Å². The number of carbonyl (C=O) groups is 1. The van der Waals surface area contributed by atoms with E-state index in [2.05, 4.69) is 5.10 Å². The van der Waals surface area contributed by atoms with Crippen LogP contribution in [0.2, 0.25) is 0 Å². The summed E-state index contributed by atoms with van der Waals surface area (Å²) in [6.45, 7) is 2.70. The molecule has 0 radical (unpaired) electrons. The first kappa shape index (κ1) is 10.9. The molecule has 16 heavy (non-hydrogen) atoms. The largest absolute Gasteiger partial charge is 0.395 e. The van der Waals surface area contributed by atoms with Crippen molar-refractivity contribution in [1.82, 2.24) is 14.7 Å². The van der Waals surface area contributed by atoms with Crippen molar-refractivity contribution < 1.29 is 9.90 Å². The number of hydrogen-bond acceptors (Lipinski definition) is 4. The van der Waals surface area contributed by atoms with Crippen LogP contribution in [-0.4, -0.2) is 44.9 Å². The quantitative estimate of drug-likeness (QED) is 0.701. The molecule has 6 heteroatoms. The van der Waals surface area contributed by atoms with Crippen LogP contribution in [0.1, 0.15) is 23.1 Å². The number of aromatic nitrogens is 2. The van der Waals surface area contributed by atoms with Crippen molar-refractivity contribution in [3.63, 3.8) is 0 Å². The van der Waals surface area contributed by atoms with Gasteiger partial charge in [-0.15, -0.1) is 0 Å². The van der Waals surface area contributed by atoms with E-state index in [1.165, 1.54) is 4.68 Å². The first-order chi connectivity index (χ1) is 7.54. The summed E-state index contributed by atoms with van der Waals surface area (Å²) in [4.78, 5) is 13.6. The van der Waals surface area contributed by atoms with Crippen molar-refractivity contribution in [3.05, 3.63) is 11.4 Å². The molecule has 1 aliphatic rings. The molecule has 1 aromatic rings. The molecule has 0 unspecified atom stereocenters. The number of hydrogen-bond donors (Lipinski definition) is 2. The fraction of sp³-hybridized carbons (Fsp3) is 0.600. The van der Waals surface area contributed by atoms with E-state index >= 15 is 0 Å². The fourth-order valence-electron chi connectivity index (χ4n) is 1.88. The topological polar surface area (TPSA) is 84.4 Å². The van der Waals surface area contributed by atoms with E-state index in [0.717, 1.165) is 5.69 Å². The van der Waals surface area contributed by atoms with Crippen LogP contribution in [-0.2, 0) is 13.5 Å². The van der Waals surface area contributed by atoms with E-state index in [9.17, 15) is 4.79 Å². The molecule has 1 aliphatic heterocycles. The highest BCUT2D eigenvalue weighted by Gasteiger charge is 2.32. The van der Waals surface area contributed by atoms with Crippen LogP contribution in [0.15, 0.2) is 0 Å². The number of aliphatic hydroxyl groups is 1. The second-order valence-electron chi connectivity index (χ2n) is 4.05. The van der Waals surface area contributed by atoms with Crippen LogP contribution in [0.3, 0.4) is 0 Å². The maximum absolute atomic E-state index is 12.0. The second-order valence-corrected chi connectivity index (χ2v) is 4.05. The predicted molar refractivity (Wildman–Crippen MR) is 58.9 cm³/mol. The van der Waals surface area contributed by atoms with Gasteiger partial charge < -0.3 is 15.7 Å². The normalized spacial score (nSPS) is 16.3. The number of nitrogens with two attached hydrogens (primary N) is 1. The van der Waals surface area contributed by atoms with E-state index in [1.54, 1.807) is 11.9 Å². The molecule has 0 bridgehead atoms. The van der Waals surface area contributed by atoms with Gasteiger partial charge in [0, 0.05) is 20.1 Å². The van der Waals surface area contributed by atoms with Gasteiger partial charge in [0.1, 0.15) is 5.69 Å². The zero-order valence-electron chi connectivity index (χ0n) is 9.47. The lowest BCUT2D eigenvalue weighted by Crippen LogP contribution is -2.53. The number of carbonyl (C=O) groups excluding carboxylic acids is 1. The maximum Gasteiger partial charge on any atom is 0.274 e. The highest BCUT2D eigenvalue weighted by Crippen LogP contribution is 2.21. The molecule has 1 saturated heterocycles. The molecule has 2 heterocycles. The fourth-order valence-corrected chi connectivity index (χ4v) is 1.88. The summed E-state index contributed by atoms with van der Waals surface area (Å²) >= 11 is 0. The molecule has 1 aromatic heterocycles. The standard InChI is InChI=1S/C10H16N4O2/c1-3-7-8(11)9(13(2)12-7)10(16)14-4-6(15)5-14/h6,15H,3-5,11H2,1-2H3. The molecule has 0 aromatic carbocycles. The summed E-state index contributed by atoms with van der Waals surface area (Å²) in [5, 5.41) is 13.3. The van der Waals surface area contributed by atoms with E-state index in [-0.39, 0.29) is 5.91 Å². The number of anilines is 1. The molecule has 0 saturated carbocycles. The maximum atomic E-state index is 12.0. The zero-order chi connectivity index (χ0) is 11.9. The molecule has 0 aliphatic carbocycles. The van der Waals surface area contributed by atoms with Crippen LogP contribution in [0.4, 0.5) is 5.69 Å². The Balaban J connectivity index is 2.26. The van der Waals surface area contributed by atoms with Gasteiger partial charge in [-0.3, -0.25) is 9.48 Å². The van der Waals surface area contributed by atoms with Crippen molar-refractivity contribution >= 4 is 11.6 Å². The Bertz CT molecular complexity index is 421. The smallest absolute Gasteiger partial charge is 0.274 e. The average molecular weight is 224 g/mol. The summed E-state index contributed by atoms with van der Waals surface area (Å²) in [5.74, 6) is -0.155. The Labute approximate surface area is 93.6 Å². The third-order valence-corrected chi connectivity index (χ3v) is 2.85. The third kappa shape index (κ3) is 1.55. The Kier molecular flexibility index (Phi) is 2.59. The van der Waals surface area contributed by atoms with Crippen LogP contribution < -0.4 is 5.73 Å². The summed E-state index contributed by atoms with van der Waals surface area (Å²) in [5.41, 5.74) is 7.49. The van der Waals surface area contributed by atoms with Crippen molar-refractivity contribution in [2.75, 3.05) is 18.8 Å². The Morgan fingerprint density at radius 2 is 2.25 bits per heavy atom. The lowest BCUT2D eigenvalue weighted by atomic mass is 10.1. The van der Waals surface area contributed by atoms with Gasteiger partial charge in [-0.05, 0) is 6.42 Å². The monoisotopic (exact) mass is 224 g/mol. The van der Waals surface area contributed by atoms with Gasteiger partial charge in [0.05, 0.1) is 17.5 Å². The first-order valence-electron chi connectivity index (χ1n) is 5.33. The minimum absolute atomic E-state index is 0.155. The van der Waals surface area contributed by atoms with Crippen molar-refractivity contribution in [2.24, 2.45) is 7.05 Å². The van der Waals surface area contributed by atoms with E-state index < -0.39 is 6.10 Å². The van der Waals surface area contributed by atoms with E-state index in [1.807, 2.05) is 6.92 Å². The number of aliphatic hydroxyl groups excluding tert-OH is 1. The molecule has 3 N–H and O–H groups in total. The molecular weight excluding hydrogens is 208 g/mol.